The number of hydrogen-bond donors (Lipinski definition) is 1. The van der Waals surface area contributed by atoms with Gasteiger partial charge in [-0.1, -0.05) is 12.1 Å². The Hall–Kier alpha value is -2.43. The smallest absolute Gasteiger partial charge is 0.222 e. The molecule has 0 unspecified atom stereocenters. The Balaban J connectivity index is 2.00. The molecular formula is C16H19N5. The highest BCUT2D eigenvalue weighted by atomic mass is 15.2. The van der Waals surface area contributed by atoms with Crippen molar-refractivity contribution < 1.29 is 0 Å². The average Bonchev–Trinajstić information content (AvgIpc) is 2.49. The number of pyridine rings is 1. The summed E-state index contributed by atoms with van der Waals surface area (Å²) in [6, 6.07) is 4.10. The van der Waals surface area contributed by atoms with Crippen LogP contribution in [0.3, 0.4) is 0 Å². The van der Waals surface area contributed by atoms with Gasteiger partial charge in [-0.25, -0.2) is 4.98 Å². The molecule has 3 rings (SSSR count). The number of aromatic nitrogens is 3. The highest BCUT2D eigenvalue weighted by Crippen LogP contribution is 2.27. The van der Waals surface area contributed by atoms with Crippen molar-refractivity contribution in [2.75, 3.05) is 17.2 Å². The molecule has 0 bridgehead atoms. The summed E-state index contributed by atoms with van der Waals surface area (Å²) in [6.45, 7) is 7.50. The fraction of sp³-hybridized carbons (Fsp3) is 0.312. The van der Waals surface area contributed by atoms with Crippen molar-refractivity contribution in [3.8, 4) is 0 Å². The summed E-state index contributed by atoms with van der Waals surface area (Å²) >= 11 is 0. The van der Waals surface area contributed by atoms with Gasteiger partial charge in [-0.15, -0.1) is 6.58 Å². The van der Waals surface area contributed by atoms with Crippen molar-refractivity contribution in [2.45, 2.75) is 26.3 Å². The van der Waals surface area contributed by atoms with Crippen LogP contribution in [0.5, 0.6) is 0 Å². The van der Waals surface area contributed by atoms with Gasteiger partial charge in [0.1, 0.15) is 5.82 Å². The van der Waals surface area contributed by atoms with Crippen LogP contribution in [0.25, 0.3) is 0 Å². The molecule has 2 N–H and O–H groups in total. The minimum absolute atomic E-state index is 0.326. The zero-order valence-electron chi connectivity index (χ0n) is 12.2. The normalized spacial score (nSPS) is 13.9. The largest absolute Gasteiger partial charge is 0.368 e. The first-order chi connectivity index (χ1) is 10.2. The SMILES string of the molecule is C=CCc1c(C)nc(N)nc1N1CCc2ncccc2C1. The molecule has 3 heterocycles. The van der Waals surface area contributed by atoms with Gasteiger partial charge in [0.15, 0.2) is 0 Å². The van der Waals surface area contributed by atoms with Crippen LogP contribution in [0.15, 0.2) is 31.0 Å². The van der Waals surface area contributed by atoms with Gasteiger partial charge in [0.05, 0.1) is 0 Å². The number of hydrogen-bond acceptors (Lipinski definition) is 5. The van der Waals surface area contributed by atoms with Gasteiger partial charge in [-0.3, -0.25) is 4.98 Å². The van der Waals surface area contributed by atoms with Gasteiger partial charge >= 0.3 is 0 Å². The lowest BCUT2D eigenvalue weighted by molar-refractivity contribution is 0.697. The third kappa shape index (κ3) is 2.59. The predicted octanol–water partition coefficient (Wildman–Crippen LogP) is 2.05. The summed E-state index contributed by atoms with van der Waals surface area (Å²) in [5.41, 5.74) is 10.3. The molecule has 0 radical (unpaired) electrons. The lowest BCUT2D eigenvalue weighted by Gasteiger charge is -2.31. The van der Waals surface area contributed by atoms with E-state index in [-0.39, 0.29) is 0 Å². The van der Waals surface area contributed by atoms with E-state index in [1.165, 1.54) is 11.3 Å². The highest BCUT2D eigenvalue weighted by molar-refractivity contribution is 5.54. The summed E-state index contributed by atoms with van der Waals surface area (Å²) in [7, 11) is 0. The van der Waals surface area contributed by atoms with E-state index in [9.17, 15) is 0 Å². The number of anilines is 2. The quantitative estimate of drug-likeness (QED) is 0.872. The summed E-state index contributed by atoms with van der Waals surface area (Å²) in [4.78, 5) is 15.4. The van der Waals surface area contributed by atoms with Crippen molar-refractivity contribution in [2.24, 2.45) is 0 Å². The fourth-order valence-corrected chi connectivity index (χ4v) is 2.79. The molecule has 2 aromatic heterocycles. The first-order valence-electron chi connectivity index (χ1n) is 7.10. The average molecular weight is 281 g/mol. The van der Waals surface area contributed by atoms with Crippen molar-refractivity contribution in [1.29, 1.82) is 0 Å². The zero-order valence-corrected chi connectivity index (χ0v) is 12.2. The van der Waals surface area contributed by atoms with Gasteiger partial charge < -0.3 is 10.6 Å². The van der Waals surface area contributed by atoms with Crippen molar-refractivity contribution in [3.63, 3.8) is 0 Å². The second-order valence-electron chi connectivity index (χ2n) is 5.24. The Morgan fingerprint density at radius 1 is 1.43 bits per heavy atom. The van der Waals surface area contributed by atoms with Crippen molar-refractivity contribution in [3.05, 3.63) is 53.5 Å². The van der Waals surface area contributed by atoms with Crippen LogP contribution in [0, 0.1) is 6.92 Å². The molecule has 0 spiro atoms. The lowest BCUT2D eigenvalue weighted by atomic mass is 10.0. The third-order valence-electron chi connectivity index (χ3n) is 3.82. The van der Waals surface area contributed by atoms with Crippen LogP contribution in [0.2, 0.25) is 0 Å². The highest BCUT2D eigenvalue weighted by Gasteiger charge is 2.21. The van der Waals surface area contributed by atoms with Crippen LogP contribution >= 0.6 is 0 Å². The molecular weight excluding hydrogens is 262 g/mol. The zero-order chi connectivity index (χ0) is 14.8. The van der Waals surface area contributed by atoms with Crippen LogP contribution < -0.4 is 10.6 Å². The van der Waals surface area contributed by atoms with Gasteiger partial charge in [-0.05, 0) is 25.0 Å². The molecule has 1 aliphatic rings. The van der Waals surface area contributed by atoms with Crippen LogP contribution in [-0.4, -0.2) is 21.5 Å². The maximum absolute atomic E-state index is 5.84. The molecule has 2 aromatic rings. The predicted molar refractivity (Wildman–Crippen MR) is 84.1 cm³/mol. The van der Waals surface area contributed by atoms with E-state index >= 15 is 0 Å². The Kier molecular flexibility index (Phi) is 3.56. The van der Waals surface area contributed by atoms with E-state index in [2.05, 4.69) is 32.5 Å². The van der Waals surface area contributed by atoms with E-state index in [0.717, 1.165) is 43.0 Å². The topological polar surface area (TPSA) is 67.9 Å². The Morgan fingerprint density at radius 3 is 3.10 bits per heavy atom. The van der Waals surface area contributed by atoms with Crippen LogP contribution in [-0.2, 0) is 19.4 Å². The van der Waals surface area contributed by atoms with Gasteiger partial charge in [0.2, 0.25) is 5.95 Å². The monoisotopic (exact) mass is 281 g/mol. The summed E-state index contributed by atoms with van der Waals surface area (Å²) in [6.07, 6.45) is 5.40. The lowest BCUT2D eigenvalue weighted by Crippen LogP contribution is -2.33. The Morgan fingerprint density at radius 2 is 2.29 bits per heavy atom. The van der Waals surface area contributed by atoms with E-state index in [0.29, 0.717) is 5.95 Å². The number of allylic oxidation sites excluding steroid dienone is 1. The molecule has 0 aliphatic carbocycles. The fourth-order valence-electron chi connectivity index (χ4n) is 2.79. The number of fused-ring (bicyclic) bond motifs is 1. The standard InChI is InChI=1S/C16H19N5/c1-3-5-13-11(2)19-16(17)20-15(13)21-9-7-14-12(10-21)6-4-8-18-14/h3-4,6,8H,1,5,7,9-10H2,2H3,(H2,17,19,20). The Bertz CT molecular complexity index is 680. The molecule has 0 saturated carbocycles. The maximum Gasteiger partial charge on any atom is 0.222 e. The molecule has 1 aliphatic heterocycles. The van der Waals surface area contributed by atoms with E-state index < -0.39 is 0 Å². The molecule has 21 heavy (non-hydrogen) atoms. The van der Waals surface area contributed by atoms with E-state index in [4.69, 9.17) is 5.73 Å². The minimum atomic E-state index is 0.326. The maximum atomic E-state index is 5.84. The van der Waals surface area contributed by atoms with E-state index in [1.807, 2.05) is 25.3 Å². The second-order valence-corrected chi connectivity index (χ2v) is 5.24. The van der Waals surface area contributed by atoms with Crippen molar-refractivity contribution >= 4 is 11.8 Å². The van der Waals surface area contributed by atoms with Crippen molar-refractivity contribution in [1.82, 2.24) is 15.0 Å². The van der Waals surface area contributed by atoms with Gasteiger partial charge in [-0.2, -0.15) is 4.98 Å². The third-order valence-corrected chi connectivity index (χ3v) is 3.82. The molecule has 0 aromatic carbocycles. The van der Waals surface area contributed by atoms with Gasteiger partial charge in [0, 0.05) is 42.7 Å². The molecule has 5 heteroatoms. The molecule has 0 atom stereocenters. The van der Waals surface area contributed by atoms with E-state index in [1.54, 1.807) is 0 Å². The molecule has 108 valence electrons. The molecule has 0 saturated heterocycles. The molecule has 0 amide bonds. The van der Waals surface area contributed by atoms with Crippen LogP contribution in [0.1, 0.15) is 22.5 Å². The number of nitrogen functional groups attached to an aromatic ring is 1. The number of nitrogens with zero attached hydrogens (tertiary/aromatic N) is 4. The van der Waals surface area contributed by atoms with Crippen LogP contribution in [0.4, 0.5) is 11.8 Å². The summed E-state index contributed by atoms with van der Waals surface area (Å²) in [5, 5.41) is 0. The first-order valence-corrected chi connectivity index (χ1v) is 7.10. The summed E-state index contributed by atoms with van der Waals surface area (Å²) < 4.78 is 0. The van der Waals surface area contributed by atoms with Gasteiger partial charge in [0.25, 0.3) is 0 Å². The number of aryl methyl sites for hydroxylation is 1. The number of rotatable bonds is 3. The molecule has 0 fully saturated rings. The minimum Gasteiger partial charge on any atom is -0.368 e. The Labute approximate surface area is 124 Å². The number of nitrogens with two attached hydrogens (primary N) is 1. The first kappa shape index (κ1) is 13.5. The second kappa shape index (κ2) is 5.52. The molecule has 5 nitrogen and oxygen atoms in total. The summed E-state index contributed by atoms with van der Waals surface area (Å²) in [5.74, 6) is 1.25.